The lowest BCUT2D eigenvalue weighted by Crippen LogP contribution is -2.44. The van der Waals surface area contributed by atoms with E-state index in [1.807, 2.05) is 29.8 Å². The first-order chi connectivity index (χ1) is 15.3. The Balaban J connectivity index is 1.49. The van der Waals surface area contributed by atoms with Crippen LogP contribution in [0.5, 0.6) is 0 Å². The predicted molar refractivity (Wildman–Crippen MR) is 131 cm³/mol. The Bertz CT molecular complexity index is 1160. The van der Waals surface area contributed by atoms with Crippen molar-refractivity contribution in [2.75, 3.05) is 43.4 Å². The molecule has 2 aromatic heterocycles. The second kappa shape index (κ2) is 8.91. The summed E-state index contributed by atoms with van der Waals surface area (Å²) in [6.45, 7) is 4.89. The maximum atomic E-state index is 4.58. The number of anilines is 2. The third-order valence-electron chi connectivity index (χ3n) is 5.70. The number of aromatic nitrogens is 3. The fourth-order valence-electron chi connectivity index (χ4n) is 3.90. The summed E-state index contributed by atoms with van der Waals surface area (Å²) in [5, 5.41) is 15.7. The van der Waals surface area contributed by atoms with Gasteiger partial charge in [-0.3, -0.25) is 5.10 Å². The summed E-state index contributed by atoms with van der Waals surface area (Å²) in [6.07, 6.45) is 6.04. The average molecular weight is 431 g/mol. The number of hydrogen-bond acceptors (Lipinski definition) is 6. The largest absolute Gasteiger partial charge is 0.377 e. The minimum absolute atomic E-state index is 0.719. The lowest BCUT2D eigenvalue weighted by Gasteiger charge is -2.35. The molecular formula is C24H26N6S. The van der Waals surface area contributed by atoms with Crippen LogP contribution >= 0.6 is 11.3 Å². The van der Waals surface area contributed by atoms with Crippen LogP contribution in [-0.2, 0) is 6.54 Å². The molecule has 31 heavy (non-hydrogen) atoms. The lowest BCUT2D eigenvalue weighted by atomic mass is 10.1. The van der Waals surface area contributed by atoms with Gasteiger partial charge in [-0.05, 0) is 30.8 Å². The quantitative estimate of drug-likeness (QED) is 0.470. The van der Waals surface area contributed by atoms with Crippen LogP contribution < -0.4 is 10.2 Å². The fourth-order valence-corrected chi connectivity index (χ4v) is 4.46. The van der Waals surface area contributed by atoms with Crippen molar-refractivity contribution >= 4 is 45.8 Å². The molecule has 0 saturated carbocycles. The van der Waals surface area contributed by atoms with Gasteiger partial charge in [0.15, 0.2) is 0 Å². The monoisotopic (exact) mass is 430 g/mol. The molecule has 0 radical (unpaired) electrons. The zero-order chi connectivity index (χ0) is 21.0. The van der Waals surface area contributed by atoms with Gasteiger partial charge in [0.05, 0.1) is 29.1 Å². The molecular weight excluding hydrogens is 404 g/mol. The summed E-state index contributed by atoms with van der Waals surface area (Å²) in [4.78, 5) is 9.26. The molecule has 0 bridgehead atoms. The number of thiazole rings is 1. The zero-order valence-corrected chi connectivity index (χ0v) is 18.4. The Hall–Kier alpha value is -3.16. The summed E-state index contributed by atoms with van der Waals surface area (Å²) in [7, 11) is 2.18. The molecule has 158 valence electrons. The molecule has 1 fully saturated rings. The summed E-state index contributed by atoms with van der Waals surface area (Å²) >= 11 is 1.67. The third kappa shape index (κ3) is 4.47. The molecule has 1 saturated heterocycles. The number of hydrogen-bond donors (Lipinski definition) is 2. The van der Waals surface area contributed by atoms with Crippen molar-refractivity contribution in [2.45, 2.75) is 6.54 Å². The van der Waals surface area contributed by atoms with Crippen molar-refractivity contribution in [1.82, 2.24) is 20.1 Å². The second-order valence-electron chi connectivity index (χ2n) is 7.84. The van der Waals surface area contributed by atoms with Gasteiger partial charge in [-0.25, -0.2) is 4.98 Å². The maximum Gasteiger partial charge on any atom is 0.112 e. The van der Waals surface area contributed by atoms with E-state index >= 15 is 0 Å². The van der Waals surface area contributed by atoms with Gasteiger partial charge in [0.1, 0.15) is 5.01 Å². The molecule has 0 amide bonds. The number of fused-ring (bicyclic) bond motifs is 1. The highest BCUT2D eigenvalue weighted by Crippen LogP contribution is 2.33. The SMILES string of the molecule is CN1CCN(c2cc3[nH]nc(C=Cc4ccccc4)c3cc2NCc2nccs2)CC1. The molecule has 6 nitrogen and oxygen atoms in total. The Morgan fingerprint density at radius 3 is 2.71 bits per heavy atom. The topological polar surface area (TPSA) is 60.1 Å². The molecule has 5 rings (SSSR count). The molecule has 2 aromatic carbocycles. The number of aromatic amines is 1. The van der Waals surface area contributed by atoms with E-state index in [1.165, 1.54) is 5.69 Å². The van der Waals surface area contributed by atoms with Gasteiger partial charge in [0, 0.05) is 43.1 Å². The Kier molecular flexibility index (Phi) is 5.69. The Morgan fingerprint density at radius 2 is 1.94 bits per heavy atom. The van der Waals surface area contributed by atoms with Gasteiger partial charge in [0.25, 0.3) is 0 Å². The molecule has 1 aliphatic heterocycles. The van der Waals surface area contributed by atoms with E-state index in [-0.39, 0.29) is 0 Å². The number of benzene rings is 2. The van der Waals surface area contributed by atoms with Gasteiger partial charge in [-0.1, -0.05) is 36.4 Å². The molecule has 4 aromatic rings. The minimum atomic E-state index is 0.719. The lowest BCUT2D eigenvalue weighted by molar-refractivity contribution is 0.313. The van der Waals surface area contributed by atoms with Gasteiger partial charge >= 0.3 is 0 Å². The van der Waals surface area contributed by atoms with E-state index in [9.17, 15) is 0 Å². The van der Waals surface area contributed by atoms with Crippen LogP contribution in [0.15, 0.2) is 54.0 Å². The third-order valence-corrected chi connectivity index (χ3v) is 6.48. The summed E-state index contributed by atoms with van der Waals surface area (Å²) in [5.74, 6) is 0. The molecule has 0 aliphatic carbocycles. The van der Waals surface area contributed by atoms with Crippen LogP contribution in [0.1, 0.15) is 16.3 Å². The highest BCUT2D eigenvalue weighted by Gasteiger charge is 2.19. The molecule has 3 heterocycles. The second-order valence-corrected chi connectivity index (χ2v) is 8.82. The number of likely N-dealkylation sites (N-methyl/N-ethyl adjacent to an activating group) is 1. The Labute approximate surface area is 186 Å². The van der Waals surface area contributed by atoms with E-state index < -0.39 is 0 Å². The average Bonchev–Trinajstić information content (AvgIpc) is 3.46. The van der Waals surface area contributed by atoms with E-state index in [0.717, 1.165) is 65.6 Å². The zero-order valence-electron chi connectivity index (χ0n) is 17.6. The normalized spacial score (nSPS) is 15.2. The van der Waals surface area contributed by atoms with Gasteiger partial charge in [-0.15, -0.1) is 11.3 Å². The van der Waals surface area contributed by atoms with Crippen molar-refractivity contribution in [1.29, 1.82) is 0 Å². The van der Waals surface area contributed by atoms with Crippen LogP contribution in [0.4, 0.5) is 11.4 Å². The molecule has 0 unspecified atom stereocenters. The number of rotatable bonds is 6. The van der Waals surface area contributed by atoms with Crippen molar-refractivity contribution < 1.29 is 0 Å². The highest BCUT2D eigenvalue weighted by atomic mass is 32.1. The van der Waals surface area contributed by atoms with Crippen LogP contribution in [0.25, 0.3) is 23.1 Å². The van der Waals surface area contributed by atoms with Crippen LogP contribution in [0, 0.1) is 0 Å². The van der Waals surface area contributed by atoms with Crippen LogP contribution in [-0.4, -0.2) is 53.3 Å². The van der Waals surface area contributed by atoms with Crippen LogP contribution in [0.3, 0.4) is 0 Å². The van der Waals surface area contributed by atoms with Crippen molar-refractivity contribution in [3.05, 3.63) is 70.3 Å². The number of nitrogens with zero attached hydrogens (tertiary/aromatic N) is 4. The number of H-pyrrole nitrogens is 1. The highest BCUT2D eigenvalue weighted by molar-refractivity contribution is 7.09. The first kappa shape index (κ1) is 19.8. The van der Waals surface area contributed by atoms with Gasteiger partial charge in [0.2, 0.25) is 0 Å². The van der Waals surface area contributed by atoms with Crippen LogP contribution in [0.2, 0.25) is 0 Å². The molecule has 1 aliphatic rings. The van der Waals surface area contributed by atoms with Crippen molar-refractivity contribution in [2.24, 2.45) is 0 Å². The number of piperazine rings is 1. The standard InChI is InChI=1S/C24H26N6S/c1-29-10-12-30(13-11-29)23-16-21-19(15-22(23)26-17-24-25-9-14-31-24)20(27-28-21)8-7-18-5-3-2-4-6-18/h2-9,14-16,26H,10-13,17H2,1H3,(H,27,28). The Morgan fingerprint density at radius 1 is 1.10 bits per heavy atom. The van der Waals surface area contributed by atoms with Crippen molar-refractivity contribution in [3.8, 4) is 0 Å². The first-order valence-electron chi connectivity index (χ1n) is 10.6. The summed E-state index contributed by atoms with van der Waals surface area (Å²) in [5.41, 5.74) is 5.51. The summed E-state index contributed by atoms with van der Waals surface area (Å²) < 4.78 is 0. The van der Waals surface area contributed by atoms with Crippen molar-refractivity contribution in [3.63, 3.8) is 0 Å². The van der Waals surface area contributed by atoms with E-state index in [2.05, 4.69) is 73.8 Å². The van der Waals surface area contributed by atoms with Gasteiger partial charge < -0.3 is 15.1 Å². The van der Waals surface area contributed by atoms with Gasteiger partial charge in [-0.2, -0.15) is 5.10 Å². The smallest absolute Gasteiger partial charge is 0.112 e. The molecule has 0 atom stereocenters. The minimum Gasteiger partial charge on any atom is -0.377 e. The molecule has 7 heteroatoms. The first-order valence-corrected chi connectivity index (χ1v) is 11.5. The van der Waals surface area contributed by atoms with E-state index in [1.54, 1.807) is 11.3 Å². The number of nitrogens with one attached hydrogen (secondary N) is 2. The predicted octanol–water partition coefficient (Wildman–Crippen LogP) is 4.55. The summed E-state index contributed by atoms with van der Waals surface area (Å²) in [6, 6.07) is 14.8. The fraction of sp³-hybridized carbons (Fsp3) is 0.250. The molecule has 0 spiro atoms. The van der Waals surface area contributed by atoms with E-state index in [4.69, 9.17) is 0 Å². The molecule has 2 N–H and O–H groups in total. The van der Waals surface area contributed by atoms with E-state index in [0.29, 0.717) is 0 Å². The maximum absolute atomic E-state index is 4.58.